The summed E-state index contributed by atoms with van der Waals surface area (Å²) in [6, 6.07) is 4.66. The van der Waals surface area contributed by atoms with Crippen LogP contribution in [-0.2, 0) is 12.8 Å². The van der Waals surface area contributed by atoms with E-state index >= 15 is 0 Å². The highest BCUT2D eigenvalue weighted by Gasteiger charge is 2.21. The lowest BCUT2D eigenvalue weighted by molar-refractivity contribution is 0.301. The fourth-order valence-corrected chi connectivity index (χ4v) is 4.02. The van der Waals surface area contributed by atoms with E-state index in [4.69, 9.17) is 9.97 Å². The summed E-state index contributed by atoms with van der Waals surface area (Å²) in [7, 11) is 2.24. The first-order valence-corrected chi connectivity index (χ1v) is 9.76. The van der Waals surface area contributed by atoms with Crippen molar-refractivity contribution in [3.8, 4) is 11.4 Å². The highest BCUT2D eigenvalue weighted by molar-refractivity contribution is 5.59. The molecule has 2 aliphatic heterocycles. The highest BCUT2D eigenvalue weighted by atomic mass is 15.1. The van der Waals surface area contributed by atoms with E-state index in [0.29, 0.717) is 6.04 Å². The molecule has 1 saturated heterocycles. The zero-order valence-electron chi connectivity index (χ0n) is 15.5. The predicted octanol–water partition coefficient (Wildman–Crippen LogP) is 2.12. The van der Waals surface area contributed by atoms with Gasteiger partial charge >= 0.3 is 0 Å². The number of hydrogen-bond acceptors (Lipinski definition) is 6. The van der Waals surface area contributed by atoms with E-state index in [2.05, 4.69) is 27.6 Å². The van der Waals surface area contributed by atoms with E-state index in [0.717, 1.165) is 56.1 Å². The topological polar surface area (TPSA) is 66.0 Å². The van der Waals surface area contributed by atoms with Gasteiger partial charge in [0.25, 0.3) is 0 Å². The smallest absolute Gasteiger partial charge is 0.161 e. The van der Waals surface area contributed by atoms with Crippen LogP contribution in [0.5, 0.6) is 0 Å². The van der Waals surface area contributed by atoms with Gasteiger partial charge in [0.15, 0.2) is 5.82 Å². The fourth-order valence-electron chi connectivity index (χ4n) is 4.02. The Kier molecular flexibility index (Phi) is 5.41. The van der Waals surface area contributed by atoms with Gasteiger partial charge in [-0.25, -0.2) is 9.97 Å². The molecule has 26 heavy (non-hydrogen) atoms. The van der Waals surface area contributed by atoms with Gasteiger partial charge in [-0.1, -0.05) is 0 Å². The maximum absolute atomic E-state index is 4.89. The molecule has 0 radical (unpaired) electrons. The van der Waals surface area contributed by atoms with Gasteiger partial charge in [-0.05, 0) is 58.0 Å². The van der Waals surface area contributed by atoms with Gasteiger partial charge in [-0.3, -0.25) is 4.98 Å². The summed E-state index contributed by atoms with van der Waals surface area (Å²) in [6.45, 7) is 4.16. The number of rotatable bonds is 5. The van der Waals surface area contributed by atoms with E-state index in [-0.39, 0.29) is 0 Å². The summed E-state index contributed by atoms with van der Waals surface area (Å²) < 4.78 is 0. The van der Waals surface area contributed by atoms with Crippen molar-refractivity contribution < 1.29 is 0 Å². The Hall–Kier alpha value is -2.05. The molecule has 138 valence electrons. The van der Waals surface area contributed by atoms with Crippen LogP contribution in [0.15, 0.2) is 24.5 Å². The number of fused-ring (bicyclic) bond motifs is 1. The lowest BCUT2D eigenvalue weighted by atomic mass is 10.1. The molecule has 6 nitrogen and oxygen atoms in total. The zero-order chi connectivity index (χ0) is 17.8. The highest BCUT2D eigenvalue weighted by Crippen LogP contribution is 2.25. The molecule has 2 N–H and O–H groups in total. The molecule has 2 aliphatic rings. The van der Waals surface area contributed by atoms with Gasteiger partial charge in [-0.2, -0.15) is 0 Å². The van der Waals surface area contributed by atoms with E-state index in [9.17, 15) is 0 Å². The van der Waals surface area contributed by atoms with Crippen LogP contribution in [0.2, 0.25) is 0 Å². The number of likely N-dealkylation sites (tertiary alicyclic amines) is 1. The molecule has 0 unspecified atom stereocenters. The Morgan fingerprint density at radius 3 is 2.85 bits per heavy atom. The van der Waals surface area contributed by atoms with Crippen LogP contribution in [0, 0.1) is 0 Å². The maximum Gasteiger partial charge on any atom is 0.161 e. The van der Waals surface area contributed by atoms with Crippen molar-refractivity contribution in [2.45, 2.75) is 38.1 Å². The number of hydrogen-bond donors (Lipinski definition) is 2. The van der Waals surface area contributed by atoms with Crippen molar-refractivity contribution in [3.63, 3.8) is 0 Å². The number of anilines is 1. The second-order valence-electron chi connectivity index (χ2n) is 7.30. The van der Waals surface area contributed by atoms with Crippen molar-refractivity contribution in [3.05, 3.63) is 35.8 Å². The minimum Gasteiger partial charge on any atom is -0.370 e. The van der Waals surface area contributed by atoms with Crippen LogP contribution in [0.4, 0.5) is 5.82 Å². The van der Waals surface area contributed by atoms with Crippen molar-refractivity contribution in [1.29, 1.82) is 0 Å². The maximum atomic E-state index is 4.89. The van der Waals surface area contributed by atoms with Crippen molar-refractivity contribution in [2.75, 3.05) is 38.5 Å². The molecule has 1 atom stereocenters. The number of nitrogens with one attached hydrogen (secondary N) is 2. The van der Waals surface area contributed by atoms with Gasteiger partial charge in [0.2, 0.25) is 0 Å². The average Bonchev–Trinajstić information content (AvgIpc) is 2.93. The van der Waals surface area contributed by atoms with E-state index in [1.165, 1.54) is 30.6 Å². The fraction of sp³-hybridized carbons (Fsp3) is 0.550. The molecular weight excluding hydrogens is 324 g/mol. The first kappa shape index (κ1) is 17.4. The number of nitrogens with zero attached hydrogens (tertiary/aromatic N) is 4. The molecule has 0 aliphatic carbocycles. The van der Waals surface area contributed by atoms with Gasteiger partial charge < -0.3 is 15.5 Å². The first-order chi connectivity index (χ1) is 12.8. The molecule has 0 saturated carbocycles. The summed E-state index contributed by atoms with van der Waals surface area (Å²) in [6.07, 6.45) is 9.34. The monoisotopic (exact) mass is 352 g/mol. The van der Waals surface area contributed by atoms with Crippen LogP contribution in [0.3, 0.4) is 0 Å². The lowest BCUT2D eigenvalue weighted by Crippen LogP contribution is -2.27. The molecule has 0 bridgehead atoms. The molecule has 0 spiro atoms. The SMILES string of the molecule is CN1CCC[C@H]1CCNc1nc(-c2ccncc2)nc2c1CCNCC2. The molecule has 2 aromatic rings. The summed E-state index contributed by atoms with van der Waals surface area (Å²) in [5.41, 5.74) is 3.49. The normalized spacial score (nSPS) is 20.6. The third kappa shape index (κ3) is 3.86. The molecule has 4 rings (SSSR count). The van der Waals surface area contributed by atoms with E-state index in [1.807, 2.05) is 12.1 Å². The summed E-state index contributed by atoms with van der Waals surface area (Å²) in [5, 5.41) is 7.11. The second-order valence-corrected chi connectivity index (χ2v) is 7.30. The molecule has 6 heteroatoms. The van der Waals surface area contributed by atoms with Crippen molar-refractivity contribution in [2.24, 2.45) is 0 Å². The minimum atomic E-state index is 0.698. The van der Waals surface area contributed by atoms with Crippen LogP contribution < -0.4 is 10.6 Å². The average molecular weight is 352 g/mol. The van der Waals surface area contributed by atoms with Gasteiger partial charge in [0.1, 0.15) is 5.82 Å². The van der Waals surface area contributed by atoms with Gasteiger partial charge in [0, 0.05) is 49.1 Å². The summed E-state index contributed by atoms with van der Waals surface area (Å²) in [4.78, 5) is 16.4. The molecular formula is C20H28N6. The van der Waals surface area contributed by atoms with Gasteiger partial charge in [-0.15, -0.1) is 0 Å². The van der Waals surface area contributed by atoms with E-state index < -0.39 is 0 Å². The Labute approximate surface area is 155 Å². The third-order valence-corrected chi connectivity index (χ3v) is 5.56. The second kappa shape index (κ2) is 8.10. The van der Waals surface area contributed by atoms with Crippen LogP contribution in [0.1, 0.15) is 30.5 Å². The third-order valence-electron chi connectivity index (χ3n) is 5.56. The summed E-state index contributed by atoms with van der Waals surface area (Å²) in [5.74, 6) is 1.82. The van der Waals surface area contributed by atoms with Crippen LogP contribution in [0.25, 0.3) is 11.4 Å². The predicted molar refractivity (Wildman–Crippen MR) is 104 cm³/mol. The Morgan fingerprint density at radius 2 is 2.04 bits per heavy atom. The Morgan fingerprint density at radius 1 is 1.19 bits per heavy atom. The standard InChI is InChI=1S/C20H28N6/c1-26-14-2-3-16(26)6-13-23-20-17-7-11-22-12-8-18(17)24-19(25-20)15-4-9-21-10-5-15/h4-5,9-10,16,22H,2-3,6-8,11-14H2,1H3,(H,23,24,25)/t16-/m0/s1. The Balaban J connectivity index is 1.57. The molecule has 2 aromatic heterocycles. The number of aromatic nitrogens is 3. The molecule has 1 fully saturated rings. The Bertz CT molecular complexity index is 733. The van der Waals surface area contributed by atoms with E-state index in [1.54, 1.807) is 12.4 Å². The quantitative estimate of drug-likeness (QED) is 0.859. The van der Waals surface area contributed by atoms with Crippen LogP contribution in [-0.4, -0.2) is 59.1 Å². The van der Waals surface area contributed by atoms with Crippen molar-refractivity contribution >= 4 is 5.82 Å². The largest absolute Gasteiger partial charge is 0.370 e. The number of pyridine rings is 1. The first-order valence-electron chi connectivity index (χ1n) is 9.76. The lowest BCUT2D eigenvalue weighted by Gasteiger charge is -2.20. The van der Waals surface area contributed by atoms with Crippen molar-refractivity contribution in [1.82, 2.24) is 25.2 Å². The molecule has 0 amide bonds. The molecule has 0 aromatic carbocycles. The van der Waals surface area contributed by atoms with Gasteiger partial charge in [0.05, 0.1) is 5.69 Å². The minimum absolute atomic E-state index is 0.698. The zero-order valence-corrected chi connectivity index (χ0v) is 15.5. The summed E-state index contributed by atoms with van der Waals surface area (Å²) >= 11 is 0. The molecule has 4 heterocycles. The van der Waals surface area contributed by atoms with Crippen LogP contribution >= 0.6 is 0 Å².